The van der Waals surface area contributed by atoms with Crippen molar-refractivity contribution in [1.29, 1.82) is 0 Å². The summed E-state index contributed by atoms with van der Waals surface area (Å²) < 4.78 is 0. The van der Waals surface area contributed by atoms with Gasteiger partial charge in [-0.05, 0) is 38.3 Å². The van der Waals surface area contributed by atoms with Crippen LogP contribution in [0.5, 0.6) is 0 Å². The highest BCUT2D eigenvalue weighted by molar-refractivity contribution is 4.96. The summed E-state index contributed by atoms with van der Waals surface area (Å²) in [5.74, 6) is 0.795. The third kappa shape index (κ3) is 4.55. The maximum Gasteiger partial charge on any atom is 0.0354 e. The van der Waals surface area contributed by atoms with E-state index >= 15 is 0 Å². The first-order chi connectivity index (χ1) is 8.48. The highest BCUT2D eigenvalue weighted by atomic mass is 15.2. The van der Waals surface area contributed by atoms with E-state index in [1.54, 1.807) is 0 Å². The summed E-state index contributed by atoms with van der Waals surface area (Å²) in [6.07, 6.45) is 6.05. The predicted molar refractivity (Wildman–Crippen MR) is 82.9 cm³/mol. The van der Waals surface area contributed by atoms with E-state index in [0.29, 0.717) is 6.04 Å². The van der Waals surface area contributed by atoms with E-state index in [1.165, 1.54) is 12.8 Å². The Kier molecular flexibility index (Phi) is 8.89. The van der Waals surface area contributed by atoms with Gasteiger partial charge >= 0.3 is 0 Å². The fourth-order valence-corrected chi connectivity index (χ4v) is 3.32. The maximum absolute atomic E-state index is 6.57. The van der Waals surface area contributed by atoms with Crippen LogP contribution in [0.4, 0.5) is 0 Å². The van der Waals surface area contributed by atoms with Gasteiger partial charge < -0.3 is 5.73 Å². The molecule has 0 bridgehead atoms. The Labute approximate surface area is 115 Å². The van der Waals surface area contributed by atoms with Crippen molar-refractivity contribution in [2.24, 2.45) is 11.7 Å². The number of hydrogen-bond donors (Lipinski definition) is 1. The molecular weight excluding hydrogens is 220 g/mol. The normalized spacial score (nSPS) is 14.5. The summed E-state index contributed by atoms with van der Waals surface area (Å²) in [6, 6.07) is 0.311. The van der Waals surface area contributed by atoms with Crippen LogP contribution < -0.4 is 5.73 Å². The van der Waals surface area contributed by atoms with Crippen molar-refractivity contribution >= 4 is 0 Å². The molecule has 2 heteroatoms. The van der Waals surface area contributed by atoms with Crippen LogP contribution in [0.25, 0.3) is 0 Å². The van der Waals surface area contributed by atoms with Crippen LogP contribution in [0.3, 0.4) is 0 Å². The zero-order chi connectivity index (χ0) is 14.2. The Bertz CT molecular complexity index is 193. The van der Waals surface area contributed by atoms with Gasteiger partial charge in [0.25, 0.3) is 0 Å². The second-order valence-electron chi connectivity index (χ2n) is 5.91. The molecule has 0 heterocycles. The molecule has 110 valence electrons. The molecule has 0 amide bonds. The molecule has 0 aromatic heterocycles. The van der Waals surface area contributed by atoms with Gasteiger partial charge in [-0.1, -0.05) is 54.4 Å². The van der Waals surface area contributed by atoms with Crippen molar-refractivity contribution < 1.29 is 0 Å². The molecule has 2 nitrogen and oxygen atoms in total. The lowest BCUT2D eigenvalue weighted by molar-refractivity contribution is 0.0588. The molecule has 0 saturated carbocycles. The lowest BCUT2D eigenvalue weighted by Gasteiger charge is -2.46. The fourth-order valence-electron chi connectivity index (χ4n) is 3.32. The average molecular weight is 256 g/mol. The van der Waals surface area contributed by atoms with E-state index in [4.69, 9.17) is 5.73 Å². The van der Waals surface area contributed by atoms with Crippen LogP contribution in [-0.4, -0.2) is 29.6 Å². The summed E-state index contributed by atoms with van der Waals surface area (Å²) in [5.41, 5.74) is 6.78. The lowest BCUT2D eigenvalue weighted by atomic mass is 9.80. The van der Waals surface area contributed by atoms with Crippen molar-refractivity contribution in [1.82, 2.24) is 4.90 Å². The van der Waals surface area contributed by atoms with Crippen molar-refractivity contribution in [2.45, 2.75) is 85.2 Å². The minimum atomic E-state index is 0.209. The first-order valence-corrected chi connectivity index (χ1v) is 7.98. The average Bonchev–Trinajstić information content (AvgIpc) is 2.35. The molecule has 0 aromatic carbocycles. The minimum absolute atomic E-state index is 0.209. The molecular formula is C16H36N2. The van der Waals surface area contributed by atoms with Gasteiger partial charge in [-0.25, -0.2) is 0 Å². The Hall–Kier alpha value is -0.0800. The molecule has 0 aromatic rings. The first kappa shape index (κ1) is 17.9. The Morgan fingerprint density at radius 2 is 1.44 bits per heavy atom. The molecule has 0 aliphatic rings. The molecule has 0 spiro atoms. The highest BCUT2D eigenvalue weighted by Crippen LogP contribution is 2.29. The summed E-state index contributed by atoms with van der Waals surface area (Å²) in [7, 11) is 0. The molecule has 0 aliphatic carbocycles. The summed E-state index contributed by atoms with van der Waals surface area (Å²) >= 11 is 0. The first-order valence-electron chi connectivity index (χ1n) is 7.98. The zero-order valence-electron chi connectivity index (χ0n) is 13.6. The second-order valence-corrected chi connectivity index (χ2v) is 5.91. The predicted octanol–water partition coefficient (Wildman–Crippen LogP) is 4.04. The van der Waals surface area contributed by atoms with Crippen LogP contribution in [0, 0.1) is 5.92 Å². The molecule has 18 heavy (non-hydrogen) atoms. The van der Waals surface area contributed by atoms with Crippen LogP contribution >= 0.6 is 0 Å². The van der Waals surface area contributed by atoms with Crippen LogP contribution in [0.1, 0.15) is 73.6 Å². The molecule has 2 N–H and O–H groups in total. The second kappa shape index (κ2) is 8.92. The van der Waals surface area contributed by atoms with E-state index in [1.807, 2.05) is 0 Å². The summed E-state index contributed by atoms with van der Waals surface area (Å²) in [5, 5.41) is 0. The van der Waals surface area contributed by atoms with E-state index in [9.17, 15) is 0 Å². The smallest absolute Gasteiger partial charge is 0.0354 e. The van der Waals surface area contributed by atoms with Crippen LogP contribution in [0.2, 0.25) is 0 Å². The SMILES string of the molecule is CCN(CC)C(CC)(CC)C(N)CCCC(C)C. The fraction of sp³-hybridized carbons (Fsp3) is 1.00. The van der Waals surface area contributed by atoms with Crippen molar-refractivity contribution in [3.05, 3.63) is 0 Å². The third-order valence-corrected chi connectivity index (χ3v) is 4.60. The lowest BCUT2D eigenvalue weighted by Crippen LogP contribution is -2.59. The van der Waals surface area contributed by atoms with Gasteiger partial charge in [-0.15, -0.1) is 0 Å². The minimum Gasteiger partial charge on any atom is -0.326 e. The van der Waals surface area contributed by atoms with Crippen molar-refractivity contribution in [3.8, 4) is 0 Å². The van der Waals surface area contributed by atoms with Gasteiger partial charge in [0.15, 0.2) is 0 Å². The van der Waals surface area contributed by atoms with E-state index in [-0.39, 0.29) is 5.54 Å². The summed E-state index contributed by atoms with van der Waals surface area (Å²) in [4.78, 5) is 2.58. The van der Waals surface area contributed by atoms with Crippen molar-refractivity contribution in [3.63, 3.8) is 0 Å². The van der Waals surface area contributed by atoms with Crippen LogP contribution in [0.15, 0.2) is 0 Å². The number of nitrogens with two attached hydrogens (primary N) is 1. The standard InChI is InChI=1S/C16H36N2/c1-7-16(8-2,18(9-3)10-4)15(17)13-11-12-14(5)6/h14-15H,7-13,17H2,1-6H3. The Morgan fingerprint density at radius 3 is 1.78 bits per heavy atom. The number of rotatable bonds is 10. The third-order valence-electron chi connectivity index (χ3n) is 4.60. The molecule has 0 fully saturated rings. The van der Waals surface area contributed by atoms with Gasteiger partial charge in [0.2, 0.25) is 0 Å². The largest absolute Gasteiger partial charge is 0.326 e. The molecule has 1 unspecified atom stereocenters. The van der Waals surface area contributed by atoms with Gasteiger partial charge in [-0.3, -0.25) is 4.90 Å². The topological polar surface area (TPSA) is 29.3 Å². The Balaban J connectivity index is 4.64. The molecule has 0 aliphatic heterocycles. The summed E-state index contributed by atoms with van der Waals surface area (Å²) in [6.45, 7) is 15.9. The van der Waals surface area contributed by atoms with E-state index in [0.717, 1.165) is 38.3 Å². The molecule has 1 atom stereocenters. The van der Waals surface area contributed by atoms with Gasteiger partial charge in [-0.2, -0.15) is 0 Å². The zero-order valence-corrected chi connectivity index (χ0v) is 13.6. The Morgan fingerprint density at radius 1 is 0.944 bits per heavy atom. The molecule has 0 saturated heterocycles. The highest BCUT2D eigenvalue weighted by Gasteiger charge is 2.37. The quantitative estimate of drug-likeness (QED) is 0.639. The van der Waals surface area contributed by atoms with Crippen LogP contribution in [-0.2, 0) is 0 Å². The number of hydrogen-bond acceptors (Lipinski definition) is 2. The van der Waals surface area contributed by atoms with Gasteiger partial charge in [0.1, 0.15) is 0 Å². The monoisotopic (exact) mass is 256 g/mol. The van der Waals surface area contributed by atoms with E-state index < -0.39 is 0 Å². The van der Waals surface area contributed by atoms with Gasteiger partial charge in [0, 0.05) is 11.6 Å². The number of nitrogens with zero attached hydrogens (tertiary/aromatic N) is 1. The van der Waals surface area contributed by atoms with Gasteiger partial charge in [0.05, 0.1) is 0 Å². The molecule has 0 rings (SSSR count). The molecule has 0 radical (unpaired) electrons. The van der Waals surface area contributed by atoms with E-state index in [2.05, 4.69) is 46.4 Å². The number of likely N-dealkylation sites (N-methyl/N-ethyl adjacent to an activating group) is 1. The maximum atomic E-state index is 6.57. The van der Waals surface area contributed by atoms with Crippen molar-refractivity contribution in [2.75, 3.05) is 13.1 Å².